The molecule has 0 saturated carbocycles. The predicted molar refractivity (Wildman–Crippen MR) is 76.5 cm³/mol. The Balaban J connectivity index is 2.24. The molecule has 110 valence electrons. The van der Waals surface area contributed by atoms with Crippen LogP contribution in [0.3, 0.4) is 0 Å². The van der Waals surface area contributed by atoms with E-state index in [0.717, 1.165) is 17.5 Å². The largest absolute Gasteiger partial charge is 0.478 e. The first-order valence-electron chi connectivity index (χ1n) is 6.71. The fourth-order valence-corrected chi connectivity index (χ4v) is 2.09. The van der Waals surface area contributed by atoms with Crippen molar-refractivity contribution in [2.75, 3.05) is 0 Å². The van der Waals surface area contributed by atoms with Crippen molar-refractivity contribution in [3.05, 3.63) is 46.8 Å². The number of hydrogen-bond donors (Lipinski definition) is 1. The Hall–Kier alpha value is -2.50. The van der Waals surface area contributed by atoms with Gasteiger partial charge in [-0.05, 0) is 30.0 Å². The smallest absolute Gasteiger partial charge is 0.335 e. The third-order valence-electron chi connectivity index (χ3n) is 3.11. The number of nitrogens with zero attached hydrogens (tertiary/aromatic N) is 3. The van der Waals surface area contributed by atoms with Gasteiger partial charge in [0.1, 0.15) is 5.69 Å². The van der Waals surface area contributed by atoms with E-state index in [4.69, 9.17) is 5.11 Å². The summed E-state index contributed by atoms with van der Waals surface area (Å²) in [6, 6.07) is 6.59. The highest BCUT2D eigenvalue weighted by atomic mass is 16.4. The highest BCUT2D eigenvalue weighted by Crippen LogP contribution is 2.13. The summed E-state index contributed by atoms with van der Waals surface area (Å²) in [5.74, 6) is -0.568. The first-order chi connectivity index (χ1) is 10.0. The molecule has 0 spiro atoms. The van der Waals surface area contributed by atoms with Gasteiger partial charge >= 0.3 is 5.97 Å². The molecule has 6 heteroatoms. The van der Waals surface area contributed by atoms with Crippen LogP contribution < -0.4 is 0 Å². The zero-order valence-electron chi connectivity index (χ0n) is 12.0. The van der Waals surface area contributed by atoms with Crippen molar-refractivity contribution in [1.29, 1.82) is 0 Å². The Kier molecular flexibility index (Phi) is 4.47. The molecule has 0 radical (unpaired) electrons. The molecule has 1 aromatic carbocycles. The van der Waals surface area contributed by atoms with Gasteiger partial charge in [0.05, 0.1) is 17.8 Å². The van der Waals surface area contributed by atoms with Crippen LogP contribution in [0.2, 0.25) is 0 Å². The van der Waals surface area contributed by atoms with Gasteiger partial charge < -0.3 is 5.11 Å². The van der Waals surface area contributed by atoms with Crippen LogP contribution in [0.25, 0.3) is 0 Å². The minimum absolute atomic E-state index is 0.244. The fraction of sp³-hybridized carbons (Fsp3) is 0.333. The van der Waals surface area contributed by atoms with E-state index in [1.165, 1.54) is 0 Å². The molecule has 0 bridgehead atoms. The molecular formula is C15H17N3O3. The lowest BCUT2D eigenvalue weighted by Crippen LogP contribution is -2.10. The number of benzene rings is 1. The molecule has 0 amide bonds. The standard InChI is InChI=1S/C15H17N3O3/c1-10(2)7-14-13(9-19)16-17-18(14)8-11-3-5-12(6-4-11)15(20)21/h3-6,9-10H,7-8H2,1-2H3,(H,20,21). The number of aromatic nitrogens is 3. The summed E-state index contributed by atoms with van der Waals surface area (Å²) < 4.78 is 1.69. The second-order valence-corrected chi connectivity index (χ2v) is 5.30. The molecule has 1 aromatic heterocycles. The SMILES string of the molecule is CC(C)Cc1c(C=O)nnn1Cc1ccc(C(=O)O)cc1. The van der Waals surface area contributed by atoms with E-state index in [9.17, 15) is 9.59 Å². The van der Waals surface area contributed by atoms with Crippen molar-refractivity contribution >= 4 is 12.3 Å². The van der Waals surface area contributed by atoms with Crippen molar-refractivity contribution in [2.24, 2.45) is 5.92 Å². The molecule has 0 unspecified atom stereocenters. The number of aldehydes is 1. The second kappa shape index (κ2) is 6.30. The zero-order valence-corrected chi connectivity index (χ0v) is 12.0. The van der Waals surface area contributed by atoms with Gasteiger partial charge in [-0.2, -0.15) is 0 Å². The van der Waals surface area contributed by atoms with Gasteiger partial charge in [-0.3, -0.25) is 4.79 Å². The summed E-state index contributed by atoms with van der Waals surface area (Å²) in [5, 5.41) is 16.8. The second-order valence-electron chi connectivity index (χ2n) is 5.30. The number of hydrogen-bond acceptors (Lipinski definition) is 4. The van der Waals surface area contributed by atoms with E-state index in [2.05, 4.69) is 24.2 Å². The molecular weight excluding hydrogens is 270 g/mol. The van der Waals surface area contributed by atoms with Crippen molar-refractivity contribution in [3.8, 4) is 0 Å². The molecule has 0 atom stereocenters. The first kappa shape index (κ1) is 14.9. The zero-order chi connectivity index (χ0) is 15.4. The van der Waals surface area contributed by atoms with Gasteiger partial charge in [-0.25, -0.2) is 9.48 Å². The van der Waals surface area contributed by atoms with Crippen LogP contribution >= 0.6 is 0 Å². The van der Waals surface area contributed by atoms with Gasteiger partial charge in [-0.1, -0.05) is 31.2 Å². The molecule has 2 rings (SSSR count). The third-order valence-corrected chi connectivity index (χ3v) is 3.11. The molecule has 6 nitrogen and oxygen atoms in total. The average Bonchev–Trinajstić information content (AvgIpc) is 2.81. The Labute approximate surface area is 122 Å². The van der Waals surface area contributed by atoms with Crippen LogP contribution in [-0.2, 0) is 13.0 Å². The first-order valence-corrected chi connectivity index (χ1v) is 6.71. The van der Waals surface area contributed by atoms with Crippen LogP contribution in [0.1, 0.15) is 46.0 Å². The summed E-state index contributed by atoms with van der Waals surface area (Å²) in [5.41, 5.74) is 2.33. The lowest BCUT2D eigenvalue weighted by Gasteiger charge is -2.09. The number of carbonyl (C=O) groups is 2. The molecule has 0 aliphatic heterocycles. The van der Waals surface area contributed by atoms with Crippen LogP contribution in [-0.4, -0.2) is 32.4 Å². The summed E-state index contributed by atoms with van der Waals surface area (Å²) in [7, 11) is 0. The number of carboxylic acid groups (broad SMARTS) is 1. The predicted octanol–water partition coefficient (Wildman–Crippen LogP) is 2.04. The van der Waals surface area contributed by atoms with Gasteiger partial charge in [0, 0.05) is 0 Å². The van der Waals surface area contributed by atoms with Crippen LogP contribution in [0, 0.1) is 5.92 Å². The van der Waals surface area contributed by atoms with E-state index >= 15 is 0 Å². The molecule has 1 N–H and O–H groups in total. The van der Waals surface area contributed by atoms with E-state index in [1.807, 2.05) is 0 Å². The molecule has 1 heterocycles. The molecule has 21 heavy (non-hydrogen) atoms. The Bertz CT molecular complexity index is 645. The molecule has 0 saturated heterocycles. The maximum absolute atomic E-state index is 11.0. The molecule has 0 aliphatic rings. The Morgan fingerprint density at radius 3 is 2.52 bits per heavy atom. The van der Waals surface area contributed by atoms with Crippen molar-refractivity contribution in [3.63, 3.8) is 0 Å². The minimum atomic E-state index is -0.953. The summed E-state index contributed by atoms with van der Waals surface area (Å²) in [4.78, 5) is 21.8. The highest BCUT2D eigenvalue weighted by Gasteiger charge is 2.14. The van der Waals surface area contributed by atoms with Crippen LogP contribution in [0.5, 0.6) is 0 Å². The number of aromatic carboxylic acids is 1. The van der Waals surface area contributed by atoms with Crippen LogP contribution in [0.4, 0.5) is 0 Å². The minimum Gasteiger partial charge on any atom is -0.478 e. The summed E-state index contributed by atoms with van der Waals surface area (Å²) >= 11 is 0. The molecule has 0 fully saturated rings. The van der Waals surface area contributed by atoms with Crippen molar-refractivity contribution in [2.45, 2.75) is 26.8 Å². The number of carbonyl (C=O) groups excluding carboxylic acids is 1. The summed E-state index contributed by atoms with van der Waals surface area (Å²) in [6.45, 7) is 4.59. The van der Waals surface area contributed by atoms with Gasteiger partial charge in [0.15, 0.2) is 6.29 Å². The monoisotopic (exact) mass is 287 g/mol. The Morgan fingerprint density at radius 2 is 2.00 bits per heavy atom. The fourth-order valence-electron chi connectivity index (χ4n) is 2.09. The van der Waals surface area contributed by atoms with E-state index in [0.29, 0.717) is 24.6 Å². The molecule has 0 aliphatic carbocycles. The average molecular weight is 287 g/mol. The maximum Gasteiger partial charge on any atom is 0.335 e. The number of carboxylic acids is 1. The van der Waals surface area contributed by atoms with Gasteiger partial charge in [0.25, 0.3) is 0 Å². The van der Waals surface area contributed by atoms with Gasteiger partial charge in [-0.15, -0.1) is 5.10 Å². The lowest BCUT2D eigenvalue weighted by molar-refractivity contribution is 0.0696. The van der Waals surface area contributed by atoms with Crippen molar-refractivity contribution in [1.82, 2.24) is 15.0 Å². The maximum atomic E-state index is 11.0. The Morgan fingerprint density at radius 1 is 1.33 bits per heavy atom. The van der Waals surface area contributed by atoms with Crippen molar-refractivity contribution < 1.29 is 14.7 Å². The molecule has 2 aromatic rings. The summed E-state index contributed by atoms with van der Waals surface area (Å²) in [6.07, 6.45) is 1.43. The normalized spacial score (nSPS) is 10.8. The highest BCUT2D eigenvalue weighted by molar-refractivity contribution is 5.87. The van der Waals surface area contributed by atoms with E-state index < -0.39 is 5.97 Å². The van der Waals surface area contributed by atoms with E-state index in [1.54, 1.807) is 28.9 Å². The number of rotatable bonds is 6. The van der Waals surface area contributed by atoms with E-state index in [-0.39, 0.29) is 5.56 Å². The third kappa shape index (κ3) is 3.53. The lowest BCUT2D eigenvalue weighted by atomic mass is 10.1. The van der Waals surface area contributed by atoms with Gasteiger partial charge in [0.2, 0.25) is 0 Å². The topological polar surface area (TPSA) is 85.1 Å². The quantitative estimate of drug-likeness (QED) is 0.822. The van der Waals surface area contributed by atoms with Crippen LogP contribution in [0.15, 0.2) is 24.3 Å².